The molecule has 0 aliphatic rings. The number of unbranched alkanes of at least 4 members (excludes halogenated alkanes) is 4. The van der Waals surface area contributed by atoms with Gasteiger partial charge in [-0.3, -0.25) is 0 Å². The smallest absolute Gasteiger partial charge is 0.00173 e. The van der Waals surface area contributed by atoms with Gasteiger partial charge < -0.3 is 5.32 Å². The van der Waals surface area contributed by atoms with Crippen LogP contribution in [0.3, 0.4) is 0 Å². The van der Waals surface area contributed by atoms with Gasteiger partial charge in [0.15, 0.2) is 0 Å². The van der Waals surface area contributed by atoms with Crippen LogP contribution >= 0.6 is 0 Å². The average Bonchev–Trinajstić information content (AvgIpc) is 2.10. The van der Waals surface area contributed by atoms with E-state index in [0.29, 0.717) is 0 Å². The Morgan fingerprint density at radius 3 is 2.42 bits per heavy atom. The van der Waals surface area contributed by atoms with Crippen LogP contribution in [0.2, 0.25) is 0 Å². The molecule has 12 heavy (non-hydrogen) atoms. The topological polar surface area (TPSA) is 12.0 Å². The quantitative estimate of drug-likeness (QED) is 0.435. The van der Waals surface area contributed by atoms with Crippen molar-refractivity contribution < 1.29 is 0 Å². The lowest BCUT2D eigenvalue weighted by molar-refractivity contribution is 0.673. The van der Waals surface area contributed by atoms with Crippen LogP contribution < -0.4 is 5.32 Å². The Bertz CT molecular complexity index is 97.2. The van der Waals surface area contributed by atoms with E-state index in [4.69, 9.17) is 0 Å². The molecule has 0 aliphatic carbocycles. The molecule has 0 atom stereocenters. The maximum Gasteiger partial charge on any atom is -0.00173 e. The van der Waals surface area contributed by atoms with Crippen LogP contribution in [-0.4, -0.2) is 13.6 Å². The molecule has 0 unspecified atom stereocenters. The summed E-state index contributed by atoms with van der Waals surface area (Å²) in [5, 5.41) is 3.13. The minimum Gasteiger partial charge on any atom is -0.319 e. The monoisotopic (exact) mass is 169 g/mol. The molecule has 1 heteroatoms. The van der Waals surface area contributed by atoms with Crippen molar-refractivity contribution in [2.75, 3.05) is 13.6 Å². The van der Waals surface area contributed by atoms with E-state index in [9.17, 15) is 0 Å². The van der Waals surface area contributed by atoms with Crippen molar-refractivity contribution >= 4 is 0 Å². The number of hydrogen-bond acceptors (Lipinski definition) is 1. The number of rotatable bonds is 8. The van der Waals surface area contributed by atoms with Gasteiger partial charge in [-0.05, 0) is 32.9 Å². The molecular formula is C11H23N. The molecule has 1 N–H and O–H groups in total. The minimum atomic E-state index is 1.10. The molecule has 0 radical (unpaired) electrons. The fraction of sp³-hybridized carbons (Fsp3) is 0.818. The molecule has 72 valence electrons. The third-order valence-electron chi connectivity index (χ3n) is 1.95. The van der Waals surface area contributed by atoms with E-state index in [2.05, 4.69) is 24.4 Å². The van der Waals surface area contributed by atoms with Crippen molar-refractivity contribution in [1.82, 2.24) is 5.32 Å². The first kappa shape index (κ1) is 11.7. The van der Waals surface area contributed by atoms with Crippen LogP contribution in [-0.2, 0) is 0 Å². The normalized spacial score (nSPS) is 11.2. The van der Waals surface area contributed by atoms with Crippen molar-refractivity contribution in [2.45, 2.75) is 45.4 Å². The number of hydrogen-bond donors (Lipinski definition) is 1. The Labute approximate surface area is 77.2 Å². The Morgan fingerprint density at radius 2 is 1.75 bits per heavy atom. The lowest BCUT2D eigenvalue weighted by atomic mass is 10.1. The van der Waals surface area contributed by atoms with Crippen LogP contribution in [0.25, 0.3) is 0 Å². The maximum absolute atomic E-state index is 3.13. The summed E-state index contributed by atoms with van der Waals surface area (Å²) < 4.78 is 0. The van der Waals surface area contributed by atoms with Crippen molar-refractivity contribution in [3.8, 4) is 0 Å². The Balaban J connectivity index is 2.92. The van der Waals surface area contributed by atoms with Gasteiger partial charge in [0.1, 0.15) is 0 Å². The Morgan fingerprint density at radius 1 is 1.00 bits per heavy atom. The van der Waals surface area contributed by atoms with Crippen molar-refractivity contribution in [1.29, 1.82) is 0 Å². The van der Waals surface area contributed by atoms with Crippen molar-refractivity contribution in [3.63, 3.8) is 0 Å². The third-order valence-corrected chi connectivity index (χ3v) is 1.95. The second kappa shape index (κ2) is 10.7. The molecule has 0 spiro atoms. The van der Waals surface area contributed by atoms with Crippen LogP contribution in [0.1, 0.15) is 45.4 Å². The zero-order valence-electron chi connectivity index (χ0n) is 8.60. The van der Waals surface area contributed by atoms with Gasteiger partial charge in [-0.2, -0.15) is 0 Å². The lowest BCUT2D eigenvalue weighted by Crippen LogP contribution is -2.05. The van der Waals surface area contributed by atoms with E-state index < -0.39 is 0 Å². The SMILES string of the molecule is CCCCCCC=CCCNC. The predicted octanol–water partition coefficient (Wildman–Crippen LogP) is 3.12. The molecule has 0 aromatic carbocycles. The number of nitrogens with one attached hydrogen (secondary N) is 1. The van der Waals surface area contributed by atoms with Crippen LogP contribution in [0.5, 0.6) is 0 Å². The fourth-order valence-corrected chi connectivity index (χ4v) is 1.15. The summed E-state index contributed by atoms with van der Waals surface area (Å²) in [5.41, 5.74) is 0. The van der Waals surface area contributed by atoms with Gasteiger partial charge >= 0.3 is 0 Å². The number of allylic oxidation sites excluding steroid dienone is 1. The highest BCUT2D eigenvalue weighted by Crippen LogP contribution is 2.02. The van der Waals surface area contributed by atoms with Gasteiger partial charge in [0.05, 0.1) is 0 Å². The van der Waals surface area contributed by atoms with Crippen LogP contribution in [0.4, 0.5) is 0 Å². The summed E-state index contributed by atoms with van der Waals surface area (Å²) in [5.74, 6) is 0. The maximum atomic E-state index is 3.13. The summed E-state index contributed by atoms with van der Waals surface area (Å²) in [6, 6.07) is 0. The summed E-state index contributed by atoms with van der Waals surface area (Å²) in [6.07, 6.45) is 12.5. The standard InChI is InChI=1S/C11H23N/c1-3-4-5-6-7-8-9-10-11-12-2/h8-9,12H,3-7,10-11H2,1-2H3. The molecule has 0 heterocycles. The highest BCUT2D eigenvalue weighted by atomic mass is 14.8. The molecule has 0 saturated heterocycles. The van der Waals surface area contributed by atoms with Gasteiger partial charge in [-0.15, -0.1) is 0 Å². The zero-order valence-corrected chi connectivity index (χ0v) is 8.60. The third kappa shape index (κ3) is 9.70. The average molecular weight is 169 g/mol. The summed E-state index contributed by atoms with van der Waals surface area (Å²) in [7, 11) is 2.00. The molecular weight excluding hydrogens is 146 g/mol. The first-order valence-corrected chi connectivity index (χ1v) is 5.21. The highest BCUT2D eigenvalue weighted by Gasteiger charge is 1.83. The van der Waals surface area contributed by atoms with E-state index in [1.807, 2.05) is 7.05 Å². The van der Waals surface area contributed by atoms with E-state index in [-0.39, 0.29) is 0 Å². The van der Waals surface area contributed by atoms with Gasteiger partial charge in [0.2, 0.25) is 0 Å². The largest absolute Gasteiger partial charge is 0.319 e. The summed E-state index contributed by atoms with van der Waals surface area (Å²) in [6.45, 7) is 3.36. The fourth-order valence-electron chi connectivity index (χ4n) is 1.15. The molecule has 0 rings (SSSR count). The zero-order chi connectivity index (χ0) is 9.07. The van der Waals surface area contributed by atoms with Gasteiger partial charge in [-0.1, -0.05) is 38.3 Å². The second-order valence-corrected chi connectivity index (χ2v) is 3.21. The molecule has 0 aromatic rings. The molecule has 0 bridgehead atoms. The Kier molecular flexibility index (Phi) is 10.4. The summed E-state index contributed by atoms with van der Waals surface area (Å²) >= 11 is 0. The Hall–Kier alpha value is -0.300. The second-order valence-electron chi connectivity index (χ2n) is 3.21. The lowest BCUT2D eigenvalue weighted by Gasteiger charge is -1.94. The van der Waals surface area contributed by atoms with Crippen molar-refractivity contribution in [2.24, 2.45) is 0 Å². The molecule has 0 aromatic heterocycles. The van der Waals surface area contributed by atoms with Crippen LogP contribution in [0.15, 0.2) is 12.2 Å². The first-order chi connectivity index (χ1) is 5.91. The highest BCUT2D eigenvalue weighted by molar-refractivity contribution is 4.81. The first-order valence-electron chi connectivity index (χ1n) is 5.21. The summed E-state index contributed by atoms with van der Waals surface area (Å²) in [4.78, 5) is 0. The van der Waals surface area contributed by atoms with E-state index in [1.165, 1.54) is 38.5 Å². The van der Waals surface area contributed by atoms with Gasteiger partial charge in [-0.25, -0.2) is 0 Å². The minimum absolute atomic E-state index is 1.10. The van der Waals surface area contributed by atoms with E-state index in [1.54, 1.807) is 0 Å². The molecule has 0 saturated carbocycles. The molecule has 0 fully saturated rings. The molecule has 1 nitrogen and oxygen atoms in total. The molecule has 0 aliphatic heterocycles. The predicted molar refractivity (Wildman–Crippen MR) is 56.4 cm³/mol. The molecule has 0 amide bonds. The van der Waals surface area contributed by atoms with E-state index in [0.717, 1.165) is 6.54 Å². The van der Waals surface area contributed by atoms with Crippen LogP contribution in [0, 0.1) is 0 Å². The van der Waals surface area contributed by atoms with E-state index >= 15 is 0 Å². The van der Waals surface area contributed by atoms with Crippen molar-refractivity contribution in [3.05, 3.63) is 12.2 Å². The van der Waals surface area contributed by atoms with Gasteiger partial charge in [0.25, 0.3) is 0 Å². The van der Waals surface area contributed by atoms with Gasteiger partial charge in [0, 0.05) is 0 Å².